The predicted octanol–water partition coefficient (Wildman–Crippen LogP) is 3.68. The second kappa shape index (κ2) is 9.27. The molecule has 0 bridgehead atoms. The van der Waals surface area contributed by atoms with Crippen LogP contribution in [-0.4, -0.2) is 68.0 Å². The maximum absolute atomic E-state index is 14.7. The predicted molar refractivity (Wildman–Crippen MR) is 131 cm³/mol. The van der Waals surface area contributed by atoms with Crippen molar-refractivity contribution in [3.63, 3.8) is 0 Å². The lowest BCUT2D eigenvalue weighted by atomic mass is 10.1. The minimum Gasteiger partial charge on any atom is -0.331 e. The molecule has 0 aliphatic carbocycles. The molecule has 182 valence electrons. The van der Waals surface area contributed by atoms with Crippen molar-refractivity contribution in [2.45, 2.75) is 19.9 Å². The summed E-state index contributed by atoms with van der Waals surface area (Å²) in [5, 5.41) is 3.08. The molecule has 1 aliphatic heterocycles. The number of aromatic nitrogens is 5. The van der Waals surface area contributed by atoms with E-state index in [0.29, 0.717) is 22.7 Å². The summed E-state index contributed by atoms with van der Waals surface area (Å²) in [6.45, 7) is 5.65. The van der Waals surface area contributed by atoms with E-state index in [-0.39, 0.29) is 17.2 Å². The lowest BCUT2D eigenvalue weighted by Crippen LogP contribution is -2.36. The maximum Gasteiger partial charge on any atom is 0.229 e. The zero-order valence-electron chi connectivity index (χ0n) is 20.3. The van der Waals surface area contributed by atoms with E-state index in [1.165, 1.54) is 11.6 Å². The number of pyridine rings is 1. The summed E-state index contributed by atoms with van der Waals surface area (Å²) in [5.41, 5.74) is 3.39. The van der Waals surface area contributed by atoms with Crippen molar-refractivity contribution in [2.24, 2.45) is 7.05 Å². The van der Waals surface area contributed by atoms with Gasteiger partial charge in [-0.05, 0) is 44.8 Å². The average Bonchev–Trinajstić information content (AvgIpc) is 3.13. The number of anilines is 2. The lowest BCUT2D eigenvalue weighted by molar-refractivity contribution is 0.224. The summed E-state index contributed by atoms with van der Waals surface area (Å²) in [7, 11) is 5.95. The molecule has 5 rings (SSSR count). The molecule has 10 heteroatoms. The van der Waals surface area contributed by atoms with Gasteiger partial charge in [-0.25, -0.2) is 28.7 Å². The average molecular weight is 479 g/mol. The Hall–Kier alpha value is -3.50. The highest BCUT2D eigenvalue weighted by atomic mass is 19.1. The third-order valence-electron chi connectivity index (χ3n) is 6.41. The number of hydrogen-bond acceptors (Lipinski definition) is 7. The summed E-state index contributed by atoms with van der Waals surface area (Å²) >= 11 is 0. The van der Waals surface area contributed by atoms with Gasteiger partial charge in [0, 0.05) is 50.9 Å². The summed E-state index contributed by atoms with van der Waals surface area (Å²) in [4.78, 5) is 22.0. The number of fused-ring (bicyclic) bond motifs is 2. The topological polar surface area (TPSA) is 75.0 Å². The molecule has 0 amide bonds. The van der Waals surface area contributed by atoms with Crippen LogP contribution in [0.15, 0.2) is 30.5 Å². The summed E-state index contributed by atoms with van der Waals surface area (Å²) < 4.78 is 31.2. The highest BCUT2D eigenvalue weighted by Gasteiger charge is 2.19. The molecule has 4 aromatic rings. The quantitative estimate of drug-likeness (QED) is 0.453. The van der Waals surface area contributed by atoms with Crippen LogP contribution in [-0.2, 0) is 20.0 Å². The van der Waals surface area contributed by atoms with E-state index >= 15 is 0 Å². The Kier molecular flexibility index (Phi) is 6.16. The molecule has 0 atom stereocenters. The number of halogens is 2. The Morgan fingerprint density at radius 2 is 1.91 bits per heavy atom. The second-order valence-corrected chi connectivity index (χ2v) is 9.19. The van der Waals surface area contributed by atoms with Gasteiger partial charge in [-0.15, -0.1) is 0 Å². The number of hydrogen-bond donors (Lipinski definition) is 1. The van der Waals surface area contributed by atoms with Gasteiger partial charge in [-0.3, -0.25) is 4.90 Å². The molecule has 0 radical (unpaired) electrons. The molecule has 4 heterocycles. The number of benzene rings is 1. The van der Waals surface area contributed by atoms with Crippen molar-refractivity contribution >= 4 is 22.8 Å². The number of imidazole rings is 1. The molecule has 8 nitrogen and oxygen atoms in total. The van der Waals surface area contributed by atoms with Crippen LogP contribution >= 0.6 is 0 Å². The first-order chi connectivity index (χ1) is 16.8. The fourth-order valence-corrected chi connectivity index (χ4v) is 4.32. The van der Waals surface area contributed by atoms with E-state index < -0.39 is 11.6 Å². The molecule has 0 saturated heterocycles. The first kappa shape index (κ1) is 23.3. The van der Waals surface area contributed by atoms with Crippen LogP contribution < -0.4 is 5.32 Å². The third kappa shape index (κ3) is 4.71. The van der Waals surface area contributed by atoms with Crippen LogP contribution in [0.2, 0.25) is 0 Å². The van der Waals surface area contributed by atoms with Gasteiger partial charge in [0.25, 0.3) is 0 Å². The van der Waals surface area contributed by atoms with Crippen LogP contribution in [0.4, 0.5) is 20.5 Å². The minimum atomic E-state index is -0.635. The third-order valence-corrected chi connectivity index (χ3v) is 6.41. The molecular formula is C25H28F2N8. The molecule has 1 aliphatic rings. The van der Waals surface area contributed by atoms with E-state index in [1.54, 1.807) is 24.6 Å². The van der Waals surface area contributed by atoms with E-state index in [4.69, 9.17) is 4.98 Å². The largest absolute Gasteiger partial charge is 0.331 e. The van der Waals surface area contributed by atoms with Gasteiger partial charge in [0.2, 0.25) is 5.95 Å². The molecule has 0 unspecified atom stereocenters. The summed E-state index contributed by atoms with van der Waals surface area (Å²) in [5.74, 6) is 0.292. The lowest BCUT2D eigenvalue weighted by Gasteiger charge is -2.29. The zero-order valence-corrected chi connectivity index (χ0v) is 20.3. The van der Waals surface area contributed by atoms with Gasteiger partial charge in [-0.2, -0.15) is 0 Å². The molecule has 0 spiro atoms. The van der Waals surface area contributed by atoms with Gasteiger partial charge in [-0.1, -0.05) is 6.07 Å². The Morgan fingerprint density at radius 1 is 1.09 bits per heavy atom. The SMILES string of the molecule is Cc1nc2c(F)cc(-c3nc(Nc4ccc5c(n4)CCN(CCN(C)C)C5)ncc3F)cc2n1C. The van der Waals surface area contributed by atoms with E-state index in [0.717, 1.165) is 44.5 Å². The molecule has 0 fully saturated rings. The Labute approximate surface area is 202 Å². The van der Waals surface area contributed by atoms with Crippen LogP contribution in [0.25, 0.3) is 22.3 Å². The number of nitrogens with one attached hydrogen (secondary N) is 1. The highest BCUT2D eigenvalue weighted by molar-refractivity contribution is 5.82. The van der Waals surface area contributed by atoms with Crippen LogP contribution in [0.1, 0.15) is 17.1 Å². The van der Waals surface area contributed by atoms with Gasteiger partial charge in [0.1, 0.15) is 22.9 Å². The van der Waals surface area contributed by atoms with E-state index in [1.807, 2.05) is 6.07 Å². The number of rotatable bonds is 6. The molecule has 35 heavy (non-hydrogen) atoms. The highest BCUT2D eigenvalue weighted by Crippen LogP contribution is 2.29. The second-order valence-electron chi connectivity index (χ2n) is 9.19. The van der Waals surface area contributed by atoms with Crippen molar-refractivity contribution < 1.29 is 8.78 Å². The summed E-state index contributed by atoms with van der Waals surface area (Å²) in [6, 6.07) is 6.88. The zero-order chi connectivity index (χ0) is 24.7. The Bertz CT molecular complexity index is 1400. The van der Waals surface area contributed by atoms with Gasteiger partial charge >= 0.3 is 0 Å². The van der Waals surface area contributed by atoms with Gasteiger partial charge < -0.3 is 14.8 Å². The first-order valence-corrected chi connectivity index (χ1v) is 11.6. The number of likely N-dealkylation sites (N-methyl/N-ethyl adjacent to an activating group) is 1. The minimum absolute atomic E-state index is 0.0108. The summed E-state index contributed by atoms with van der Waals surface area (Å²) in [6.07, 6.45) is 1.94. The first-order valence-electron chi connectivity index (χ1n) is 11.6. The molecule has 1 N–H and O–H groups in total. The van der Waals surface area contributed by atoms with E-state index in [2.05, 4.69) is 50.2 Å². The monoisotopic (exact) mass is 478 g/mol. The number of nitrogens with zero attached hydrogens (tertiary/aromatic N) is 7. The van der Waals surface area contributed by atoms with Crippen molar-refractivity contribution in [2.75, 3.05) is 39.0 Å². The van der Waals surface area contributed by atoms with Crippen molar-refractivity contribution in [1.29, 1.82) is 0 Å². The molecule has 0 saturated carbocycles. The molecule has 1 aromatic carbocycles. The van der Waals surface area contributed by atoms with Gasteiger partial charge in [0.05, 0.1) is 11.7 Å². The van der Waals surface area contributed by atoms with Crippen molar-refractivity contribution in [3.05, 3.63) is 59.2 Å². The van der Waals surface area contributed by atoms with Crippen molar-refractivity contribution in [1.82, 2.24) is 34.3 Å². The number of aryl methyl sites for hydroxylation is 2. The Morgan fingerprint density at radius 3 is 2.71 bits per heavy atom. The normalized spacial score (nSPS) is 14.0. The molecular weight excluding hydrogens is 450 g/mol. The van der Waals surface area contributed by atoms with E-state index in [9.17, 15) is 8.78 Å². The smallest absolute Gasteiger partial charge is 0.229 e. The fraction of sp³-hybridized carbons (Fsp3) is 0.360. The van der Waals surface area contributed by atoms with Crippen LogP contribution in [0.5, 0.6) is 0 Å². The van der Waals surface area contributed by atoms with Crippen molar-refractivity contribution in [3.8, 4) is 11.3 Å². The van der Waals surface area contributed by atoms with Crippen LogP contribution in [0, 0.1) is 18.6 Å². The fourth-order valence-electron chi connectivity index (χ4n) is 4.32. The maximum atomic E-state index is 14.7. The molecule has 3 aromatic heterocycles. The Balaban J connectivity index is 1.39. The standard InChI is InChI=1S/C25H28F2N8/c1-15-29-24-18(26)11-17(12-21(24)34(15)4)23-19(27)13-28-25(32-23)31-22-6-5-16-14-35(10-9-33(2)3)8-7-20(16)30-22/h5-6,11-13H,7-10,14H2,1-4H3,(H,28,30,31,32). The van der Waals surface area contributed by atoms with Gasteiger partial charge in [0.15, 0.2) is 11.6 Å². The van der Waals surface area contributed by atoms with Crippen LogP contribution in [0.3, 0.4) is 0 Å².